The molecule has 4 rings (SSSR count). The van der Waals surface area contributed by atoms with Crippen LogP contribution in [0, 0.1) is 5.92 Å². The van der Waals surface area contributed by atoms with Gasteiger partial charge in [0.05, 0.1) is 36.3 Å². The Kier molecular flexibility index (Phi) is 7.33. The lowest BCUT2D eigenvalue weighted by Gasteiger charge is -2.32. The summed E-state index contributed by atoms with van der Waals surface area (Å²) in [5.74, 6) is -1.45. The highest BCUT2D eigenvalue weighted by molar-refractivity contribution is 6.05. The van der Waals surface area contributed by atoms with Crippen LogP contribution in [0.2, 0.25) is 0 Å². The number of fused-ring (bicyclic) bond motifs is 1. The number of rotatable bonds is 7. The first-order chi connectivity index (χ1) is 16.9. The van der Waals surface area contributed by atoms with Crippen molar-refractivity contribution in [3.05, 3.63) is 40.2 Å². The van der Waals surface area contributed by atoms with Gasteiger partial charge in [0.15, 0.2) is 0 Å². The first-order valence-corrected chi connectivity index (χ1v) is 11.8. The zero-order valence-electron chi connectivity index (χ0n) is 19.8. The van der Waals surface area contributed by atoms with Gasteiger partial charge in [-0.05, 0) is 38.8 Å². The van der Waals surface area contributed by atoms with E-state index < -0.39 is 23.3 Å². The van der Waals surface area contributed by atoms with E-state index in [0.717, 1.165) is 0 Å². The van der Waals surface area contributed by atoms with E-state index in [1.54, 1.807) is 31.2 Å². The van der Waals surface area contributed by atoms with E-state index in [4.69, 9.17) is 9.47 Å². The minimum absolute atomic E-state index is 0.0748. The monoisotopic (exact) mass is 483 g/mol. The van der Waals surface area contributed by atoms with Crippen molar-refractivity contribution in [2.75, 3.05) is 41.8 Å². The van der Waals surface area contributed by atoms with Crippen LogP contribution >= 0.6 is 0 Å². The first kappa shape index (κ1) is 24.2. The number of piperidine rings is 1. The van der Waals surface area contributed by atoms with Gasteiger partial charge in [0.2, 0.25) is 17.8 Å². The van der Waals surface area contributed by atoms with Crippen LogP contribution < -0.4 is 25.8 Å². The number of nitrogens with one attached hydrogen (secondary N) is 3. The Hall–Kier alpha value is -3.89. The molecule has 11 nitrogen and oxygen atoms in total. The van der Waals surface area contributed by atoms with Gasteiger partial charge in [-0.15, -0.1) is 0 Å². The average molecular weight is 484 g/mol. The summed E-state index contributed by atoms with van der Waals surface area (Å²) in [7, 11) is 0. The third-order valence-electron chi connectivity index (χ3n) is 6.11. The quantitative estimate of drug-likeness (QED) is 0.508. The lowest BCUT2D eigenvalue weighted by molar-refractivity contribution is -0.148. The van der Waals surface area contributed by atoms with Crippen LogP contribution in [0.1, 0.15) is 44.6 Å². The van der Waals surface area contributed by atoms with Crippen LogP contribution in [0.15, 0.2) is 29.1 Å². The number of nitrogens with zero attached hydrogens (tertiary/aromatic N) is 2. The molecule has 186 valence electrons. The lowest BCUT2D eigenvalue weighted by atomic mass is 9.92. The number of esters is 1. The van der Waals surface area contributed by atoms with Crippen LogP contribution in [0.4, 0.5) is 17.5 Å². The second-order valence-corrected chi connectivity index (χ2v) is 8.39. The Balaban J connectivity index is 1.54. The van der Waals surface area contributed by atoms with Crippen molar-refractivity contribution in [1.82, 2.24) is 9.97 Å². The average Bonchev–Trinajstić information content (AvgIpc) is 2.84. The summed E-state index contributed by atoms with van der Waals surface area (Å²) in [6, 6.07) is 6.96. The number of para-hydroxylation sites is 2. The number of carbonyl (C=O) groups excluding carboxylic acids is 3. The normalized spacial score (nSPS) is 17.8. The van der Waals surface area contributed by atoms with Crippen LogP contribution in [-0.4, -0.2) is 54.1 Å². The zero-order valence-corrected chi connectivity index (χ0v) is 19.8. The summed E-state index contributed by atoms with van der Waals surface area (Å²) in [4.78, 5) is 59.7. The molecule has 1 fully saturated rings. The minimum atomic E-state index is -1.01. The molecule has 0 saturated carbocycles. The van der Waals surface area contributed by atoms with E-state index >= 15 is 0 Å². The standard InChI is InChI=1S/C24H29N5O6/c1-3-34-17-8-6-5-7-16(17)25-21(31)15-13-18(30)26-20-19(15)22(32)28-24(27-20)29-11-9-14(10-12-29)23(33)35-4-2/h5-8,14-15H,3-4,9-13H2,1-2H3,(H,25,31)(H2,26,27,28,30,32). The zero-order chi connectivity index (χ0) is 24.9. The predicted molar refractivity (Wildman–Crippen MR) is 129 cm³/mol. The van der Waals surface area contributed by atoms with Crippen LogP contribution in [0.3, 0.4) is 0 Å². The minimum Gasteiger partial charge on any atom is -0.492 e. The van der Waals surface area contributed by atoms with Crippen LogP contribution in [0.5, 0.6) is 5.75 Å². The van der Waals surface area contributed by atoms with Gasteiger partial charge in [0.25, 0.3) is 5.56 Å². The number of benzene rings is 1. The summed E-state index contributed by atoms with van der Waals surface area (Å²) in [6.07, 6.45) is 0.956. The molecule has 1 saturated heterocycles. The van der Waals surface area contributed by atoms with E-state index in [0.29, 0.717) is 56.5 Å². The Morgan fingerprint density at radius 1 is 1.14 bits per heavy atom. The number of hydrogen-bond donors (Lipinski definition) is 3. The van der Waals surface area contributed by atoms with E-state index in [2.05, 4.69) is 20.6 Å². The molecule has 35 heavy (non-hydrogen) atoms. The molecule has 1 atom stereocenters. The topological polar surface area (TPSA) is 143 Å². The van der Waals surface area contributed by atoms with Gasteiger partial charge in [-0.25, -0.2) is 0 Å². The molecule has 2 amide bonds. The molecule has 2 aliphatic rings. The maximum atomic E-state index is 13.1. The number of H-pyrrole nitrogens is 1. The fourth-order valence-electron chi connectivity index (χ4n) is 4.39. The van der Waals surface area contributed by atoms with E-state index in [1.807, 2.05) is 11.8 Å². The summed E-state index contributed by atoms with van der Waals surface area (Å²) in [6.45, 7) is 5.36. The lowest BCUT2D eigenvalue weighted by Crippen LogP contribution is -2.41. The van der Waals surface area contributed by atoms with E-state index in [9.17, 15) is 19.2 Å². The van der Waals surface area contributed by atoms with Gasteiger partial charge in [-0.3, -0.25) is 24.2 Å². The number of aromatic nitrogens is 2. The molecule has 0 aliphatic carbocycles. The van der Waals surface area contributed by atoms with Gasteiger partial charge in [-0.1, -0.05) is 12.1 Å². The number of ether oxygens (including phenoxy) is 2. The molecule has 2 aromatic rings. The van der Waals surface area contributed by atoms with Crippen molar-refractivity contribution in [2.45, 2.75) is 39.0 Å². The molecular weight excluding hydrogens is 454 g/mol. The van der Waals surface area contributed by atoms with Crippen LogP contribution in [-0.2, 0) is 19.1 Å². The van der Waals surface area contributed by atoms with Gasteiger partial charge in [0.1, 0.15) is 11.6 Å². The number of anilines is 3. The van der Waals surface area contributed by atoms with Crippen LogP contribution in [0.25, 0.3) is 0 Å². The van der Waals surface area contributed by atoms with Crippen molar-refractivity contribution in [3.63, 3.8) is 0 Å². The van der Waals surface area contributed by atoms with E-state index in [-0.39, 0.29) is 29.7 Å². The molecule has 1 aromatic heterocycles. The second-order valence-electron chi connectivity index (χ2n) is 8.39. The molecule has 0 spiro atoms. The maximum Gasteiger partial charge on any atom is 0.309 e. The Morgan fingerprint density at radius 2 is 1.89 bits per heavy atom. The van der Waals surface area contributed by atoms with Gasteiger partial charge in [0, 0.05) is 19.5 Å². The highest BCUT2D eigenvalue weighted by Gasteiger charge is 2.36. The number of hydrogen-bond acceptors (Lipinski definition) is 8. The maximum absolute atomic E-state index is 13.1. The first-order valence-electron chi connectivity index (χ1n) is 11.8. The van der Waals surface area contributed by atoms with Crippen molar-refractivity contribution < 1.29 is 23.9 Å². The molecular formula is C24H29N5O6. The Labute approximate surface area is 202 Å². The molecule has 0 bridgehead atoms. The Bertz CT molecular complexity index is 1170. The van der Waals surface area contributed by atoms with Gasteiger partial charge in [-0.2, -0.15) is 4.98 Å². The fourth-order valence-corrected chi connectivity index (χ4v) is 4.39. The Morgan fingerprint density at radius 3 is 2.60 bits per heavy atom. The molecule has 2 aliphatic heterocycles. The summed E-state index contributed by atoms with van der Waals surface area (Å²) in [5.41, 5.74) is 0.0780. The largest absolute Gasteiger partial charge is 0.492 e. The molecule has 3 heterocycles. The van der Waals surface area contributed by atoms with E-state index in [1.165, 1.54) is 0 Å². The number of amides is 2. The SMILES string of the molecule is CCOC(=O)C1CCN(c2nc3c(c(=O)[nH]2)C(C(=O)Nc2ccccc2OCC)CC(=O)N3)CC1. The summed E-state index contributed by atoms with van der Waals surface area (Å²) < 4.78 is 10.7. The van der Waals surface area contributed by atoms with Gasteiger partial charge < -0.3 is 25.0 Å². The number of carbonyl (C=O) groups is 3. The third kappa shape index (κ3) is 5.28. The van der Waals surface area contributed by atoms with Crippen molar-refractivity contribution in [2.24, 2.45) is 5.92 Å². The molecule has 1 aromatic carbocycles. The van der Waals surface area contributed by atoms with Gasteiger partial charge >= 0.3 is 5.97 Å². The van der Waals surface area contributed by atoms with Crippen molar-refractivity contribution in [3.8, 4) is 5.75 Å². The molecule has 0 radical (unpaired) electrons. The second kappa shape index (κ2) is 10.6. The third-order valence-corrected chi connectivity index (χ3v) is 6.11. The molecule has 11 heteroatoms. The number of aromatic amines is 1. The van der Waals surface area contributed by atoms with Crippen molar-refractivity contribution >= 4 is 35.2 Å². The fraction of sp³-hybridized carbons (Fsp3) is 0.458. The predicted octanol–water partition coefficient (Wildman–Crippen LogP) is 2.01. The highest BCUT2D eigenvalue weighted by Crippen LogP contribution is 2.32. The van der Waals surface area contributed by atoms with Crippen molar-refractivity contribution in [1.29, 1.82) is 0 Å². The molecule has 3 N–H and O–H groups in total. The highest BCUT2D eigenvalue weighted by atomic mass is 16.5. The summed E-state index contributed by atoms with van der Waals surface area (Å²) >= 11 is 0. The molecule has 1 unspecified atom stereocenters. The summed E-state index contributed by atoms with van der Waals surface area (Å²) in [5, 5.41) is 5.41. The smallest absolute Gasteiger partial charge is 0.309 e.